The molecule has 0 heterocycles. The maximum atomic E-state index is 12.6. The Morgan fingerprint density at radius 1 is 0.926 bits per heavy atom. The van der Waals surface area contributed by atoms with E-state index in [0.29, 0.717) is 17.1 Å². The maximum Gasteiger partial charge on any atom is 0.318 e. The molecule has 0 aliphatic heterocycles. The van der Waals surface area contributed by atoms with Crippen molar-refractivity contribution in [2.45, 2.75) is 12.8 Å². The smallest absolute Gasteiger partial charge is 0.318 e. The molecule has 3 aromatic rings. The standard InChI is InChI=1S/C22H19NO4/c1-14(16-5-6-18-12-19(25-2)8-7-17(18)11-16)22(24)27-20-9-4-15(13-23)10-21(20)26-3/h4-12,14H,1-3H3/t14-/m0/s1. The van der Waals surface area contributed by atoms with Crippen molar-refractivity contribution in [1.29, 1.82) is 5.26 Å². The highest BCUT2D eigenvalue weighted by atomic mass is 16.6. The van der Waals surface area contributed by atoms with Crippen LogP contribution in [0.1, 0.15) is 24.0 Å². The summed E-state index contributed by atoms with van der Waals surface area (Å²) < 4.78 is 16.0. The fraction of sp³-hybridized carbons (Fsp3) is 0.182. The zero-order valence-corrected chi connectivity index (χ0v) is 15.4. The van der Waals surface area contributed by atoms with E-state index in [-0.39, 0.29) is 0 Å². The maximum absolute atomic E-state index is 12.6. The number of nitrogens with zero attached hydrogens (tertiary/aromatic N) is 1. The van der Waals surface area contributed by atoms with Gasteiger partial charge in [-0.1, -0.05) is 24.3 Å². The van der Waals surface area contributed by atoms with Crippen LogP contribution in [-0.4, -0.2) is 20.2 Å². The molecule has 3 rings (SSSR count). The van der Waals surface area contributed by atoms with Gasteiger partial charge in [0.05, 0.1) is 31.8 Å². The molecule has 0 aliphatic carbocycles. The second-order valence-corrected chi connectivity index (χ2v) is 6.09. The highest BCUT2D eigenvalue weighted by molar-refractivity contribution is 5.87. The van der Waals surface area contributed by atoms with Crippen LogP contribution >= 0.6 is 0 Å². The van der Waals surface area contributed by atoms with Crippen LogP contribution in [0.15, 0.2) is 54.6 Å². The van der Waals surface area contributed by atoms with Crippen molar-refractivity contribution in [3.8, 4) is 23.3 Å². The van der Waals surface area contributed by atoms with Crippen LogP contribution in [0.3, 0.4) is 0 Å². The number of hydrogen-bond donors (Lipinski definition) is 0. The Bertz CT molecular complexity index is 1040. The van der Waals surface area contributed by atoms with Gasteiger partial charge in [0, 0.05) is 6.07 Å². The predicted molar refractivity (Wildman–Crippen MR) is 102 cm³/mol. The summed E-state index contributed by atoms with van der Waals surface area (Å²) in [7, 11) is 3.10. The van der Waals surface area contributed by atoms with Crippen LogP contribution in [0, 0.1) is 11.3 Å². The molecular weight excluding hydrogens is 342 g/mol. The molecule has 136 valence electrons. The lowest BCUT2D eigenvalue weighted by Crippen LogP contribution is -2.16. The predicted octanol–water partition coefficient (Wildman–Crippen LogP) is 4.44. The van der Waals surface area contributed by atoms with Gasteiger partial charge in [-0.25, -0.2) is 0 Å². The number of carbonyl (C=O) groups is 1. The van der Waals surface area contributed by atoms with Crippen LogP contribution in [0.5, 0.6) is 17.2 Å². The van der Waals surface area contributed by atoms with Gasteiger partial charge in [0.1, 0.15) is 5.75 Å². The second-order valence-electron chi connectivity index (χ2n) is 6.09. The quantitative estimate of drug-likeness (QED) is 0.496. The molecular formula is C22H19NO4. The summed E-state index contributed by atoms with van der Waals surface area (Å²) in [6.07, 6.45) is 0. The first kappa shape index (κ1) is 18.3. The van der Waals surface area contributed by atoms with E-state index in [1.54, 1.807) is 26.2 Å². The summed E-state index contributed by atoms with van der Waals surface area (Å²) >= 11 is 0. The van der Waals surface area contributed by atoms with Gasteiger partial charge in [0.15, 0.2) is 11.5 Å². The topological polar surface area (TPSA) is 68.5 Å². The number of hydrogen-bond acceptors (Lipinski definition) is 5. The number of esters is 1. The summed E-state index contributed by atoms with van der Waals surface area (Å²) in [4.78, 5) is 12.6. The summed E-state index contributed by atoms with van der Waals surface area (Å²) in [6, 6.07) is 18.3. The van der Waals surface area contributed by atoms with Gasteiger partial charge in [0.25, 0.3) is 0 Å². The van der Waals surface area contributed by atoms with Crippen LogP contribution < -0.4 is 14.2 Å². The molecule has 0 saturated carbocycles. The molecule has 0 bridgehead atoms. The molecule has 0 unspecified atom stereocenters. The van der Waals surface area contributed by atoms with Crippen molar-refractivity contribution >= 4 is 16.7 Å². The molecule has 5 nitrogen and oxygen atoms in total. The lowest BCUT2D eigenvalue weighted by atomic mass is 9.98. The summed E-state index contributed by atoms with van der Waals surface area (Å²) in [5, 5.41) is 11.0. The molecule has 27 heavy (non-hydrogen) atoms. The van der Waals surface area contributed by atoms with Gasteiger partial charge in [-0.15, -0.1) is 0 Å². The van der Waals surface area contributed by atoms with Crippen molar-refractivity contribution in [2.75, 3.05) is 14.2 Å². The lowest BCUT2D eigenvalue weighted by Gasteiger charge is -2.14. The largest absolute Gasteiger partial charge is 0.497 e. The summed E-state index contributed by atoms with van der Waals surface area (Å²) in [5.74, 6) is 0.567. The first-order valence-electron chi connectivity index (χ1n) is 8.43. The van der Waals surface area contributed by atoms with Gasteiger partial charge >= 0.3 is 5.97 Å². The van der Waals surface area contributed by atoms with Crippen LogP contribution in [0.25, 0.3) is 10.8 Å². The van der Waals surface area contributed by atoms with Crippen molar-refractivity contribution in [2.24, 2.45) is 0 Å². The van der Waals surface area contributed by atoms with Crippen LogP contribution in [0.2, 0.25) is 0 Å². The average molecular weight is 361 g/mol. The third-order valence-corrected chi connectivity index (χ3v) is 4.43. The minimum absolute atomic E-state index is 0.291. The Kier molecular flexibility index (Phi) is 5.28. The Morgan fingerprint density at radius 3 is 2.37 bits per heavy atom. The molecule has 0 fully saturated rings. The first-order chi connectivity index (χ1) is 13.0. The first-order valence-corrected chi connectivity index (χ1v) is 8.43. The molecule has 0 aromatic heterocycles. The SMILES string of the molecule is COc1ccc2cc([C@H](C)C(=O)Oc3ccc(C#N)cc3OC)ccc2c1. The number of carbonyl (C=O) groups excluding carboxylic acids is 1. The summed E-state index contributed by atoms with van der Waals surface area (Å²) in [5.41, 5.74) is 1.29. The Morgan fingerprint density at radius 2 is 1.67 bits per heavy atom. The molecule has 0 N–H and O–H groups in total. The number of benzene rings is 3. The minimum atomic E-state index is -0.461. The Labute approximate surface area is 157 Å². The third kappa shape index (κ3) is 3.85. The Balaban J connectivity index is 1.83. The monoisotopic (exact) mass is 361 g/mol. The second kappa shape index (κ2) is 7.79. The van der Waals surface area contributed by atoms with E-state index in [1.807, 2.05) is 42.5 Å². The zero-order chi connectivity index (χ0) is 19.4. The number of ether oxygens (including phenoxy) is 3. The summed E-state index contributed by atoms with van der Waals surface area (Å²) in [6.45, 7) is 1.79. The van der Waals surface area contributed by atoms with Gasteiger partial charge in [-0.05, 0) is 47.5 Å². The van der Waals surface area contributed by atoms with Crippen LogP contribution in [0.4, 0.5) is 0 Å². The van der Waals surface area contributed by atoms with Crippen molar-refractivity contribution in [3.63, 3.8) is 0 Å². The van der Waals surface area contributed by atoms with Crippen molar-refractivity contribution < 1.29 is 19.0 Å². The molecule has 3 aromatic carbocycles. The molecule has 0 radical (unpaired) electrons. The molecule has 0 saturated heterocycles. The van der Waals surface area contributed by atoms with Gasteiger partial charge in [-0.3, -0.25) is 4.79 Å². The number of fused-ring (bicyclic) bond motifs is 1. The van der Waals surface area contributed by atoms with Crippen molar-refractivity contribution in [1.82, 2.24) is 0 Å². The van der Waals surface area contributed by atoms with E-state index in [4.69, 9.17) is 19.5 Å². The average Bonchev–Trinajstić information content (AvgIpc) is 2.72. The fourth-order valence-corrected chi connectivity index (χ4v) is 2.79. The molecule has 0 spiro atoms. The van der Waals surface area contributed by atoms with E-state index < -0.39 is 11.9 Å². The third-order valence-electron chi connectivity index (χ3n) is 4.43. The fourth-order valence-electron chi connectivity index (χ4n) is 2.79. The molecule has 0 aliphatic rings. The zero-order valence-electron chi connectivity index (χ0n) is 15.4. The number of rotatable bonds is 5. The van der Waals surface area contributed by atoms with Crippen LogP contribution in [-0.2, 0) is 4.79 Å². The van der Waals surface area contributed by atoms with E-state index in [0.717, 1.165) is 22.1 Å². The molecule has 5 heteroatoms. The van der Waals surface area contributed by atoms with E-state index in [1.165, 1.54) is 13.2 Å². The number of nitriles is 1. The van der Waals surface area contributed by atoms with E-state index in [2.05, 4.69) is 0 Å². The minimum Gasteiger partial charge on any atom is -0.497 e. The lowest BCUT2D eigenvalue weighted by molar-refractivity contribution is -0.135. The van der Waals surface area contributed by atoms with E-state index in [9.17, 15) is 4.79 Å². The van der Waals surface area contributed by atoms with Crippen molar-refractivity contribution in [3.05, 3.63) is 65.7 Å². The Hall–Kier alpha value is -3.52. The molecule has 1 atom stereocenters. The highest BCUT2D eigenvalue weighted by Gasteiger charge is 2.20. The molecule has 0 amide bonds. The number of methoxy groups -OCH3 is 2. The normalized spacial score (nSPS) is 11.5. The van der Waals surface area contributed by atoms with E-state index >= 15 is 0 Å². The van der Waals surface area contributed by atoms with Gasteiger partial charge in [0.2, 0.25) is 0 Å². The van der Waals surface area contributed by atoms with Gasteiger partial charge < -0.3 is 14.2 Å². The van der Waals surface area contributed by atoms with Gasteiger partial charge in [-0.2, -0.15) is 5.26 Å². The highest BCUT2D eigenvalue weighted by Crippen LogP contribution is 2.30.